The summed E-state index contributed by atoms with van der Waals surface area (Å²) in [6.45, 7) is 0. The van der Waals surface area contributed by atoms with E-state index in [0.29, 0.717) is 0 Å². The van der Waals surface area contributed by atoms with Crippen LogP contribution in [-0.4, -0.2) is 30.3 Å². The quantitative estimate of drug-likeness (QED) is 0.488. The van der Waals surface area contributed by atoms with Crippen LogP contribution in [0.4, 0.5) is 5.00 Å². The topological polar surface area (TPSA) is 28.5 Å². The molecule has 1 aliphatic rings. The number of thiophene rings is 1. The van der Waals surface area contributed by atoms with Crippen LogP contribution in [0, 0.1) is 0 Å². The van der Waals surface area contributed by atoms with Gasteiger partial charge in [-0.05, 0) is 43.4 Å². The lowest BCUT2D eigenvalue weighted by Crippen LogP contribution is -2.06. The molecule has 5 heteroatoms. The summed E-state index contributed by atoms with van der Waals surface area (Å²) in [7, 11) is 4.02. The second-order valence-corrected chi connectivity index (χ2v) is 8.20. The van der Waals surface area contributed by atoms with Crippen LogP contribution in [0.25, 0.3) is 20.8 Å². The highest BCUT2D eigenvalue weighted by Crippen LogP contribution is 2.47. The Labute approximate surface area is 144 Å². The van der Waals surface area contributed by atoms with Crippen molar-refractivity contribution >= 4 is 44.2 Å². The van der Waals surface area contributed by atoms with E-state index in [0.717, 1.165) is 21.9 Å². The maximum atomic E-state index is 4.89. The molecule has 2 aromatic heterocycles. The Kier molecular flexibility index (Phi) is 3.91. The van der Waals surface area contributed by atoms with E-state index in [9.17, 15) is 0 Å². The number of nitrogens with zero attached hydrogens (tertiary/aromatic N) is 3. The molecule has 0 atom stereocenters. The Morgan fingerprint density at radius 3 is 2.78 bits per heavy atom. The summed E-state index contributed by atoms with van der Waals surface area (Å²) in [6, 6.07) is 8.38. The van der Waals surface area contributed by atoms with Gasteiger partial charge < -0.3 is 4.90 Å². The predicted octanol–water partition coefficient (Wildman–Crippen LogP) is 5.13. The zero-order chi connectivity index (χ0) is 15.8. The van der Waals surface area contributed by atoms with Gasteiger partial charge in [0.25, 0.3) is 0 Å². The van der Waals surface area contributed by atoms with Gasteiger partial charge in [0.05, 0.1) is 22.1 Å². The monoisotopic (exact) mass is 341 g/mol. The zero-order valence-electron chi connectivity index (χ0n) is 13.4. The molecule has 0 fully saturated rings. The second-order valence-electron chi connectivity index (χ2n) is 6.09. The number of aliphatic imine (C=N–C) groups is 1. The van der Waals surface area contributed by atoms with Gasteiger partial charge >= 0.3 is 0 Å². The Morgan fingerprint density at radius 2 is 1.96 bits per heavy atom. The number of rotatable bonds is 3. The summed E-state index contributed by atoms with van der Waals surface area (Å²) in [6.07, 6.45) is 6.82. The number of para-hydroxylation sites is 1. The number of thiazole rings is 1. The lowest BCUT2D eigenvalue weighted by Gasteiger charge is -2.11. The first kappa shape index (κ1) is 14.8. The molecule has 0 radical (unpaired) electrons. The van der Waals surface area contributed by atoms with Crippen molar-refractivity contribution in [1.82, 2.24) is 9.88 Å². The second kappa shape index (κ2) is 6.06. The summed E-state index contributed by atoms with van der Waals surface area (Å²) in [5.41, 5.74) is 3.86. The normalized spacial score (nSPS) is 14.5. The van der Waals surface area contributed by atoms with Crippen LogP contribution in [0.5, 0.6) is 0 Å². The summed E-state index contributed by atoms with van der Waals surface area (Å²) in [4.78, 5) is 13.1. The molecule has 1 aromatic carbocycles. The minimum atomic E-state index is 1.09. The van der Waals surface area contributed by atoms with Crippen molar-refractivity contribution in [2.45, 2.75) is 25.7 Å². The van der Waals surface area contributed by atoms with Crippen LogP contribution in [0.3, 0.4) is 0 Å². The first-order chi connectivity index (χ1) is 11.2. The lowest BCUT2D eigenvalue weighted by molar-refractivity contribution is 0.643. The summed E-state index contributed by atoms with van der Waals surface area (Å²) >= 11 is 3.64. The van der Waals surface area contributed by atoms with Gasteiger partial charge in [-0.3, -0.25) is 0 Å². The maximum absolute atomic E-state index is 4.89. The highest BCUT2D eigenvalue weighted by molar-refractivity contribution is 7.22. The SMILES string of the molecule is CN(C)/C=N/c1sc2c(c1-c1nc3ccccc3s1)CCCC2. The van der Waals surface area contributed by atoms with Gasteiger partial charge in [-0.2, -0.15) is 0 Å². The van der Waals surface area contributed by atoms with E-state index in [1.165, 1.54) is 40.0 Å². The highest BCUT2D eigenvalue weighted by Gasteiger charge is 2.23. The van der Waals surface area contributed by atoms with Crippen molar-refractivity contribution in [2.75, 3.05) is 14.1 Å². The Balaban J connectivity index is 1.89. The van der Waals surface area contributed by atoms with Gasteiger partial charge in [0.2, 0.25) is 0 Å². The fourth-order valence-corrected chi connectivity index (χ4v) is 5.34. The molecule has 0 amide bonds. The van der Waals surface area contributed by atoms with Crippen molar-refractivity contribution in [3.05, 3.63) is 34.7 Å². The van der Waals surface area contributed by atoms with Gasteiger partial charge in [0, 0.05) is 19.0 Å². The molecular weight excluding hydrogens is 322 g/mol. The largest absolute Gasteiger partial charge is 0.369 e. The van der Waals surface area contributed by atoms with E-state index < -0.39 is 0 Å². The van der Waals surface area contributed by atoms with Crippen LogP contribution < -0.4 is 0 Å². The molecule has 4 rings (SSSR count). The average molecular weight is 342 g/mol. The molecule has 2 heterocycles. The van der Waals surface area contributed by atoms with Gasteiger partial charge in [0.15, 0.2) is 0 Å². The van der Waals surface area contributed by atoms with Crippen molar-refractivity contribution in [2.24, 2.45) is 4.99 Å². The molecule has 23 heavy (non-hydrogen) atoms. The van der Waals surface area contributed by atoms with Crippen molar-refractivity contribution < 1.29 is 0 Å². The zero-order valence-corrected chi connectivity index (χ0v) is 15.0. The third kappa shape index (κ3) is 2.79. The van der Waals surface area contributed by atoms with Crippen molar-refractivity contribution in [3.8, 4) is 10.6 Å². The number of aryl methyl sites for hydroxylation is 1. The fraction of sp³-hybridized carbons (Fsp3) is 0.333. The Bertz CT molecular complexity index is 841. The van der Waals surface area contributed by atoms with Crippen LogP contribution in [-0.2, 0) is 12.8 Å². The van der Waals surface area contributed by atoms with Crippen molar-refractivity contribution in [3.63, 3.8) is 0 Å². The molecule has 0 saturated carbocycles. The standard InChI is InChI=1S/C18H19N3S2/c1-21(2)11-19-17-16(12-7-3-5-9-14(12)22-17)18-20-13-8-4-6-10-15(13)23-18/h4,6,8,10-11H,3,5,7,9H2,1-2H3/b19-11+. The van der Waals surface area contributed by atoms with Gasteiger partial charge in [0.1, 0.15) is 10.0 Å². The number of aromatic nitrogens is 1. The summed E-state index contributed by atoms with van der Waals surface area (Å²) < 4.78 is 1.25. The maximum Gasteiger partial charge on any atom is 0.128 e. The fourth-order valence-electron chi connectivity index (χ4n) is 3.01. The number of hydrogen-bond acceptors (Lipinski definition) is 4. The third-order valence-corrected chi connectivity index (χ3v) is 6.32. The van der Waals surface area contributed by atoms with Gasteiger partial charge in [-0.1, -0.05) is 12.1 Å². The molecule has 3 aromatic rings. The van der Waals surface area contributed by atoms with Crippen LogP contribution in [0.1, 0.15) is 23.3 Å². The lowest BCUT2D eigenvalue weighted by atomic mass is 9.96. The van der Waals surface area contributed by atoms with E-state index in [1.54, 1.807) is 11.3 Å². The molecule has 0 spiro atoms. The molecular formula is C18H19N3S2. The Morgan fingerprint density at radius 1 is 1.13 bits per heavy atom. The summed E-state index contributed by atoms with van der Waals surface area (Å²) in [5, 5.41) is 2.24. The number of hydrogen-bond donors (Lipinski definition) is 0. The predicted molar refractivity (Wildman–Crippen MR) is 101 cm³/mol. The average Bonchev–Trinajstić information content (AvgIpc) is 3.13. The van der Waals surface area contributed by atoms with Crippen LogP contribution in [0.2, 0.25) is 0 Å². The molecule has 0 unspecified atom stereocenters. The third-order valence-electron chi connectivity index (χ3n) is 4.07. The number of benzene rings is 1. The Hall–Kier alpha value is -1.72. The van der Waals surface area contributed by atoms with E-state index in [1.807, 2.05) is 36.7 Å². The first-order valence-electron chi connectivity index (χ1n) is 7.93. The van der Waals surface area contributed by atoms with Crippen LogP contribution >= 0.6 is 22.7 Å². The van der Waals surface area contributed by atoms with Gasteiger partial charge in [-0.25, -0.2) is 9.98 Å². The van der Waals surface area contributed by atoms with E-state index in [-0.39, 0.29) is 0 Å². The molecule has 0 bridgehead atoms. The minimum Gasteiger partial charge on any atom is -0.369 e. The number of fused-ring (bicyclic) bond motifs is 2. The van der Waals surface area contributed by atoms with E-state index in [2.05, 4.69) is 24.3 Å². The summed E-state index contributed by atoms with van der Waals surface area (Å²) in [5.74, 6) is 0. The molecule has 1 aliphatic carbocycles. The minimum absolute atomic E-state index is 1.09. The molecule has 118 valence electrons. The van der Waals surface area contributed by atoms with E-state index in [4.69, 9.17) is 9.98 Å². The van der Waals surface area contributed by atoms with E-state index >= 15 is 0 Å². The molecule has 3 nitrogen and oxygen atoms in total. The molecule has 0 saturated heterocycles. The highest BCUT2D eigenvalue weighted by atomic mass is 32.1. The van der Waals surface area contributed by atoms with Gasteiger partial charge in [-0.15, -0.1) is 22.7 Å². The molecule has 0 N–H and O–H groups in total. The van der Waals surface area contributed by atoms with Crippen LogP contribution in [0.15, 0.2) is 29.3 Å². The first-order valence-corrected chi connectivity index (χ1v) is 9.57. The molecule has 0 aliphatic heterocycles. The van der Waals surface area contributed by atoms with Crippen molar-refractivity contribution in [1.29, 1.82) is 0 Å². The smallest absolute Gasteiger partial charge is 0.128 e.